The standard InChI is InChI=1S/C17H24N2O7S/c1-18-16(20)11-26-17(21)12-6-8-19(9-7-12)27(22,23)13-4-5-14(24-2)15(10-13)25-3/h4-5,10,12H,6-9,11H2,1-3H3,(H,18,20). The quantitative estimate of drug-likeness (QED) is 0.659. The van der Waals surface area contributed by atoms with E-state index in [9.17, 15) is 18.0 Å². The molecular formula is C17H24N2O7S. The molecule has 0 atom stereocenters. The molecule has 0 aliphatic carbocycles. The number of benzene rings is 1. The number of hydrogen-bond donors (Lipinski definition) is 1. The third kappa shape index (κ3) is 4.89. The fourth-order valence-corrected chi connectivity index (χ4v) is 4.27. The van der Waals surface area contributed by atoms with Crippen molar-refractivity contribution in [1.29, 1.82) is 0 Å². The highest BCUT2D eigenvalue weighted by atomic mass is 32.2. The molecule has 0 aromatic heterocycles. The SMILES string of the molecule is CNC(=O)COC(=O)C1CCN(S(=O)(=O)c2ccc(OC)c(OC)c2)CC1. The lowest BCUT2D eigenvalue weighted by Gasteiger charge is -2.30. The van der Waals surface area contributed by atoms with Crippen LogP contribution in [-0.2, 0) is 24.3 Å². The van der Waals surface area contributed by atoms with Crippen LogP contribution in [0.4, 0.5) is 0 Å². The van der Waals surface area contributed by atoms with Crippen molar-refractivity contribution in [2.24, 2.45) is 5.92 Å². The maximum Gasteiger partial charge on any atom is 0.309 e. The first kappa shape index (κ1) is 21.0. The molecule has 10 heteroatoms. The van der Waals surface area contributed by atoms with Gasteiger partial charge in [0.25, 0.3) is 5.91 Å². The number of nitrogens with zero attached hydrogens (tertiary/aromatic N) is 1. The number of methoxy groups -OCH3 is 2. The number of nitrogens with one attached hydrogen (secondary N) is 1. The molecule has 150 valence electrons. The zero-order chi connectivity index (χ0) is 20.0. The average molecular weight is 400 g/mol. The predicted molar refractivity (Wildman–Crippen MR) is 96.1 cm³/mol. The second-order valence-electron chi connectivity index (χ2n) is 5.98. The van der Waals surface area contributed by atoms with Crippen molar-refractivity contribution in [3.8, 4) is 11.5 Å². The van der Waals surface area contributed by atoms with Crippen molar-refractivity contribution in [2.45, 2.75) is 17.7 Å². The number of likely N-dealkylation sites (N-methyl/N-ethyl adjacent to an activating group) is 1. The van der Waals surface area contributed by atoms with Crippen LogP contribution in [0, 0.1) is 5.92 Å². The Hall–Kier alpha value is -2.33. The average Bonchev–Trinajstić information content (AvgIpc) is 2.71. The van der Waals surface area contributed by atoms with Crippen molar-refractivity contribution in [1.82, 2.24) is 9.62 Å². The lowest BCUT2D eigenvalue weighted by Crippen LogP contribution is -2.41. The van der Waals surface area contributed by atoms with E-state index in [1.807, 2.05) is 0 Å². The first-order chi connectivity index (χ1) is 12.8. The van der Waals surface area contributed by atoms with Crippen LogP contribution in [0.1, 0.15) is 12.8 Å². The Bertz CT molecular complexity index is 786. The van der Waals surface area contributed by atoms with Crippen molar-refractivity contribution in [3.63, 3.8) is 0 Å². The van der Waals surface area contributed by atoms with Crippen LogP contribution in [-0.4, -0.2) is 65.6 Å². The number of rotatable bonds is 7. The maximum absolute atomic E-state index is 12.8. The first-order valence-electron chi connectivity index (χ1n) is 8.43. The smallest absolute Gasteiger partial charge is 0.309 e. The maximum atomic E-state index is 12.8. The minimum absolute atomic E-state index is 0.0980. The Balaban J connectivity index is 2.02. The van der Waals surface area contributed by atoms with Gasteiger partial charge in [-0.3, -0.25) is 9.59 Å². The monoisotopic (exact) mass is 400 g/mol. The number of ether oxygens (including phenoxy) is 3. The Morgan fingerprint density at radius 1 is 1.15 bits per heavy atom. The minimum Gasteiger partial charge on any atom is -0.493 e. The topological polar surface area (TPSA) is 111 Å². The van der Waals surface area contributed by atoms with E-state index in [1.165, 1.54) is 43.8 Å². The zero-order valence-corrected chi connectivity index (χ0v) is 16.4. The molecule has 2 rings (SSSR count). The van der Waals surface area contributed by atoms with Gasteiger partial charge in [0.05, 0.1) is 25.0 Å². The van der Waals surface area contributed by atoms with E-state index in [1.54, 1.807) is 0 Å². The molecule has 0 spiro atoms. The summed E-state index contributed by atoms with van der Waals surface area (Å²) in [5.74, 6) is -0.537. The lowest BCUT2D eigenvalue weighted by atomic mass is 9.98. The Morgan fingerprint density at radius 2 is 1.78 bits per heavy atom. The molecule has 0 radical (unpaired) electrons. The van der Waals surface area contributed by atoms with Gasteiger partial charge < -0.3 is 19.5 Å². The number of carbonyl (C=O) groups is 2. The summed E-state index contributed by atoms with van der Waals surface area (Å²) in [5, 5.41) is 2.36. The number of sulfonamides is 1. The minimum atomic E-state index is -3.72. The summed E-state index contributed by atoms with van der Waals surface area (Å²) in [6.07, 6.45) is 0.665. The van der Waals surface area contributed by atoms with Crippen LogP contribution in [0.3, 0.4) is 0 Å². The molecule has 0 bridgehead atoms. The van der Waals surface area contributed by atoms with Crippen LogP contribution in [0.25, 0.3) is 0 Å². The highest BCUT2D eigenvalue weighted by Gasteiger charge is 2.33. The van der Waals surface area contributed by atoms with Gasteiger partial charge in [-0.05, 0) is 25.0 Å². The molecular weight excluding hydrogens is 376 g/mol. The van der Waals surface area contributed by atoms with Crippen molar-refractivity contribution < 1.29 is 32.2 Å². The summed E-state index contributed by atoms with van der Waals surface area (Å²) in [7, 11) is 0.642. The molecule has 1 fully saturated rings. The van der Waals surface area contributed by atoms with Crippen LogP contribution >= 0.6 is 0 Å². The van der Waals surface area contributed by atoms with Crippen LogP contribution in [0.5, 0.6) is 11.5 Å². The van der Waals surface area contributed by atoms with Gasteiger partial charge in [-0.1, -0.05) is 0 Å². The largest absolute Gasteiger partial charge is 0.493 e. The van der Waals surface area contributed by atoms with Gasteiger partial charge in [-0.25, -0.2) is 8.42 Å². The fourth-order valence-electron chi connectivity index (χ4n) is 2.78. The predicted octanol–water partition coefficient (Wildman–Crippen LogP) is 0.394. The second-order valence-corrected chi connectivity index (χ2v) is 7.91. The summed E-state index contributed by atoms with van der Waals surface area (Å²) >= 11 is 0. The molecule has 1 saturated heterocycles. The number of hydrogen-bond acceptors (Lipinski definition) is 7. The number of carbonyl (C=O) groups excluding carboxylic acids is 2. The number of piperidine rings is 1. The molecule has 0 unspecified atom stereocenters. The van der Waals surface area contributed by atoms with Gasteiger partial charge >= 0.3 is 5.97 Å². The van der Waals surface area contributed by atoms with Crippen LogP contribution in [0.2, 0.25) is 0 Å². The molecule has 1 N–H and O–H groups in total. The van der Waals surface area contributed by atoms with Gasteiger partial charge in [0.1, 0.15) is 0 Å². The van der Waals surface area contributed by atoms with Gasteiger partial charge in [-0.2, -0.15) is 4.31 Å². The Labute approximate surface area is 158 Å². The molecule has 9 nitrogen and oxygen atoms in total. The third-order valence-corrected chi connectivity index (χ3v) is 6.30. The summed E-state index contributed by atoms with van der Waals surface area (Å²) in [5.41, 5.74) is 0. The molecule has 27 heavy (non-hydrogen) atoms. The molecule has 1 amide bonds. The van der Waals surface area contributed by atoms with E-state index in [-0.39, 0.29) is 24.6 Å². The van der Waals surface area contributed by atoms with Crippen molar-refractivity contribution in [3.05, 3.63) is 18.2 Å². The molecule has 1 aliphatic heterocycles. The van der Waals surface area contributed by atoms with Crippen LogP contribution in [0.15, 0.2) is 23.1 Å². The molecule has 1 aromatic rings. The van der Waals surface area contributed by atoms with Gasteiger partial charge in [0, 0.05) is 26.2 Å². The number of esters is 1. The second kappa shape index (κ2) is 9.05. The summed E-state index contributed by atoms with van der Waals surface area (Å²) in [4.78, 5) is 23.2. The lowest BCUT2D eigenvalue weighted by molar-refractivity contribution is -0.153. The zero-order valence-electron chi connectivity index (χ0n) is 15.6. The van der Waals surface area contributed by atoms with Gasteiger partial charge in [0.2, 0.25) is 10.0 Å². The summed E-state index contributed by atoms with van der Waals surface area (Å²) in [6.45, 7) is 0.0479. The van der Waals surface area contributed by atoms with E-state index < -0.39 is 27.8 Å². The van der Waals surface area contributed by atoms with E-state index in [2.05, 4.69) is 5.32 Å². The summed E-state index contributed by atoms with van der Waals surface area (Å²) in [6, 6.07) is 4.41. The Kier molecular flexibility index (Phi) is 7.03. The molecule has 0 saturated carbocycles. The van der Waals surface area contributed by atoms with E-state index in [4.69, 9.17) is 14.2 Å². The highest BCUT2D eigenvalue weighted by molar-refractivity contribution is 7.89. The van der Waals surface area contributed by atoms with Crippen molar-refractivity contribution in [2.75, 3.05) is 41.0 Å². The third-order valence-electron chi connectivity index (χ3n) is 4.40. The van der Waals surface area contributed by atoms with Gasteiger partial charge in [-0.15, -0.1) is 0 Å². The van der Waals surface area contributed by atoms with E-state index in [0.717, 1.165) is 0 Å². The van der Waals surface area contributed by atoms with E-state index in [0.29, 0.717) is 24.3 Å². The Morgan fingerprint density at radius 3 is 2.33 bits per heavy atom. The van der Waals surface area contributed by atoms with Gasteiger partial charge in [0.15, 0.2) is 18.1 Å². The summed E-state index contributed by atoms with van der Waals surface area (Å²) < 4.78 is 42.3. The fraction of sp³-hybridized carbons (Fsp3) is 0.529. The van der Waals surface area contributed by atoms with E-state index >= 15 is 0 Å². The van der Waals surface area contributed by atoms with Crippen molar-refractivity contribution >= 4 is 21.9 Å². The molecule has 1 aromatic carbocycles. The normalized spacial score (nSPS) is 15.8. The first-order valence-corrected chi connectivity index (χ1v) is 9.87. The molecule has 1 heterocycles. The number of amides is 1. The highest BCUT2D eigenvalue weighted by Crippen LogP contribution is 2.32. The van der Waals surface area contributed by atoms with Crippen LogP contribution < -0.4 is 14.8 Å². The molecule has 1 aliphatic rings.